The van der Waals surface area contributed by atoms with Crippen LogP contribution in [0.4, 0.5) is 0 Å². The van der Waals surface area contributed by atoms with Crippen molar-refractivity contribution in [3.63, 3.8) is 0 Å². The Morgan fingerprint density at radius 2 is 1.86 bits per heavy atom. The molecule has 1 saturated carbocycles. The molecule has 0 amide bonds. The van der Waals surface area contributed by atoms with Crippen LogP contribution < -0.4 is 5.32 Å². The molecule has 3 nitrogen and oxygen atoms in total. The van der Waals surface area contributed by atoms with E-state index in [0.29, 0.717) is 6.04 Å². The lowest BCUT2D eigenvalue weighted by Gasteiger charge is -2.23. The summed E-state index contributed by atoms with van der Waals surface area (Å²) in [6, 6.07) is 10.6. The highest BCUT2D eigenvalue weighted by Crippen LogP contribution is 2.18. The summed E-state index contributed by atoms with van der Waals surface area (Å²) in [5.41, 5.74) is 1.27. The number of methoxy groups -OCH3 is 1. The van der Waals surface area contributed by atoms with Crippen molar-refractivity contribution in [2.75, 3.05) is 7.11 Å². The fourth-order valence-corrected chi connectivity index (χ4v) is 3.10. The second kappa shape index (κ2) is 8.83. The van der Waals surface area contributed by atoms with E-state index >= 15 is 0 Å². The second-order valence-corrected chi connectivity index (χ2v) is 5.96. The number of rotatable bonds is 6. The van der Waals surface area contributed by atoms with Crippen LogP contribution in [0, 0.1) is 0 Å². The zero-order valence-corrected chi connectivity index (χ0v) is 13.0. The first-order valence-electron chi connectivity index (χ1n) is 8.17. The molecule has 1 N–H and O–H groups in total. The molecule has 0 spiro atoms. The van der Waals surface area contributed by atoms with Gasteiger partial charge in [0.2, 0.25) is 0 Å². The maximum atomic E-state index is 12.0. The van der Waals surface area contributed by atoms with Crippen LogP contribution in [0.1, 0.15) is 50.5 Å². The number of benzene rings is 1. The average Bonchev–Trinajstić information content (AvgIpc) is 2.80. The fraction of sp³-hybridized carbons (Fsp3) is 0.611. The van der Waals surface area contributed by atoms with Gasteiger partial charge in [-0.1, -0.05) is 56.0 Å². The van der Waals surface area contributed by atoms with Crippen LogP contribution in [0.15, 0.2) is 30.3 Å². The molecule has 1 aliphatic rings. The van der Waals surface area contributed by atoms with E-state index in [4.69, 9.17) is 4.74 Å². The maximum absolute atomic E-state index is 12.0. The Morgan fingerprint density at radius 3 is 2.48 bits per heavy atom. The third kappa shape index (κ3) is 5.50. The van der Waals surface area contributed by atoms with Gasteiger partial charge in [0.1, 0.15) is 6.04 Å². The number of nitrogens with one attached hydrogen (secondary N) is 1. The molecule has 0 bridgehead atoms. The smallest absolute Gasteiger partial charge is 0.322 e. The number of aryl methyl sites for hydroxylation is 1. The van der Waals surface area contributed by atoms with Crippen molar-refractivity contribution in [3.05, 3.63) is 35.9 Å². The molecule has 0 aromatic heterocycles. The lowest BCUT2D eigenvalue weighted by atomic mass is 10.0. The Kier molecular flexibility index (Phi) is 6.74. The largest absolute Gasteiger partial charge is 0.468 e. The predicted octanol–water partition coefficient (Wildman–Crippen LogP) is 3.47. The molecule has 1 unspecified atom stereocenters. The number of carbonyl (C=O) groups is 1. The van der Waals surface area contributed by atoms with Gasteiger partial charge in [-0.3, -0.25) is 4.79 Å². The molecule has 1 atom stereocenters. The highest BCUT2D eigenvalue weighted by atomic mass is 16.5. The Morgan fingerprint density at radius 1 is 1.19 bits per heavy atom. The van der Waals surface area contributed by atoms with Crippen molar-refractivity contribution in [2.45, 2.75) is 63.5 Å². The molecule has 3 heteroatoms. The van der Waals surface area contributed by atoms with Crippen LogP contribution in [-0.4, -0.2) is 25.2 Å². The summed E-state index contributed by atoms with van der Waals surface area (Å²) in [5.74, 6) is -0.129. The SMILES string of the molecule is COC(=O)C(CCc1ccccc1)NC1CCCCCC1. The summed E-state index contributed by atoms with van der Waals surface area (Å²) in [4.78, 5) is 12.0. The minimum absolute atomic E-state index is 0.129. The van der Waals surface area contributed by atoms with Crippen LogP contribution in [0.5, 0.6) is 0 Å². The summed E-state index contributed by atoms with van der Waals surface area (Å²) in [7, 11) is 1.48. The van der Waals surface area contributed by atoms with Crippen molar-refractivity contribution in [1.29, 1.82) is 0 Å². The van der Waals surface area contributed by atoms with E-state index in [1.165, 1.54) is 51.2 Å². The van der Waals surface area contributed by atoms with Crippen molar-refractivity contribution in [2.24, 2.45) is 0 Å². The minimum Gasteiger partial charge on any atom is -0.468 e. The molecule has 0 aliphatic heterocycles. The van der Waals surface area contributed by atoms with E-state index in [1.54, 1.807) is 0 Å². The Balaban J connectivity index is 1.89. The van der Waals surface area contributed by atoms with E-state index < -0.39 is 0 Å². The third-order valence-corrected chi connectivity index (χ3v) is 4.34. The van der Waals surface area contributed by atoms with Gasteiger partial charge in [0.05, 0.1) is 7.11 Å². The van der Waals surface area contributed by atoms with Crippen LogP contribution in [0.25, 0.3) is 0 Å². The number of carbonyl (C=O) groups excluding carboxylic acids is 1. The Labute approximate surface area is 128 Å². The van der Waals surface area contributed by atoms with Crippen LogP contribution >= 0.6 is 0 Å². The molecular weight excluding hydrogens is 262 g/mol. The molecule has 116 valence electrons. The van der Waals surface area contributed by atoms with Gasteiger partial charge < -0.3 is 10.1 Å². The standard InChI is InChI=1S/C18H27NO2/c1-21-18(20)17(14-13-15-9-5-4-6-10-15)19-16-11-7-2-3-8-12-16/h4-6,9-10,16-17,19H,2-3,7-8,11-14H2,1H3. The van der Waals surface area contributed by atoms with Crippen LogP contribution in [-0.2, 0) is 16.0 Å². The first-order chi connectivity index (χ1) is 10.3. The van der Waals surface area contributed by atoms with Gasteiger partial charge >= 0.3 is 5.97 Å². The Hall–Kier alpha value is -1.35. The zero-order valence-electron chi connectivity index (χ0n) is 13.0. The van der Waals surface area contributed by atoms with Gasteiger partial charge in [-0.15, -0.1) is 0 Å². The molecular formula is C18H27NO2. The van der Waals surface area contributed by atoms with E-state index in [2.05, 4.69) is 17.4 Å². The highest BCUT2D eigenvalue weighted by molar-refractivity contribution is 5.75. The van der Waals surface area contributed by atoms with E-state index in [-0.39, 0.29) is 12.0 Å². The summed E-state index contributed by atoms with van der Waals surface area (Å²) in [5, 5.41) is 3.54. The second-order valence-electron chi connectivity index (χ2n) is 5.96. The molecule has 0 saturated heterocycles. The number of hydrogen-bond donors (Lipinski definition) is 1. The first kappa shape index (κ1) is 16.0. The van der Waals surface area contributed by atoms with Gasteiger partial charge in [0, 0.05) is 6.04 Å². The predicted molar refractivity (Wildman–Crippen MR) is 85.2 cm³/mol. The zero-order chi connectivity index (χ0) is 14.9. The number of ether oxygens (including phenoxy) is 1. The highest BCUT2D eigenvalue weighted by Gasteiger charge is 2.23. The van der Waals surface area contributed by atoms with Gasteiger partial charge in [-0.25, -0.2) is 0 Å². The molecule has 1 aliphatic carbocycles. The molecule has 1 fully saturated rings. The van der Waals surface area contributed by atoms with E-state index in [0.717, 1.165) is 12.8 Å². The maximum Gasteiger partial charge on any atom is 0.322 e. The van der Waals surface area contributed by atoms with E-state index in [1.807, 2.05) is 18.2 Å². The van der Waals surface area contributed by atoms with Crippen molar-refractivity contribution in [1.82, 2.24) is 5.32 Å². The number of hydrogen-bond acceptors (Lipinski definition) is 3. The molecule has 0 heterocycles. The summed E-state index contributed by atoms with van der Waals surface area (Å²) in [6.07, 6.45) is 9.25. The first-order valence-corrected chi connectivity index (χ1v) is 8.17. The summed E-state index contributed by atoms with van der Waals surface area (Å²) < 4.78 is 4.97. The monoisotopic (exact) mass is 289 g/mol. The molecule has 2 rings (SSSR count). The summed E-state index contributed by atoms with van der Waals surface area (Å²) in [6.45, 7) is 0. The average molecular weight is 289 g/mol. The van der Waals surface area contributed by atoms with E-state index in [9.17, 15) is 4.79 Å². The lowest BCUT2D eigenvalue weighted by molar-refractivity contribution is -0.143. The minimum atomic E-state index is -0.182. The van der Waals surface area contributed by atoms with Crippen LogP contribution in [0.2, 0.25) is 0 Å². The number of esters is 1. The molecule has 21 heavy (non-hydrogen) atoms. The Bertz CT molecular complexity index is 410. The van der Waals surface area contributed by atoms with Gasteiger partial charge in [-0.05, 0) is 31.2 Å². The lowest BCUT2D eigenvalue weighted by Crippen LogP contribution is -2.44. The van der Waals surface area contributed by atoms with Crippen molar-refractivity contribution < 1.29 is 9.53 Å². The van der Waals surface area contributed by atoms with Crippen molar-refractivity contribution >= 4 is 5.97 Å². The normalized spacial score (nSPS) is 18.0. The molecule has 0 radical (unpaired) electrons. The molecule has 1 aromatic rings. The quantitative estimate of drug-likeness (QED) is 0.643. The van der Waals surface area contributed by atoms with Gasteiger partial charge in [0.15, 0.2) is 0 Å². The summed E-state index contributed by atoms with van der Waals surface area (Å²) >= 11 is 0. The van der Waals surface area contributed by atoms with Gasteiger partial charge in [-0.2, -0.15) is 0 Å². The fourth-order valence-electron chi connectivity index (χ4n) is 3.10. The third-order valence-electron chi connectivity index (χ3n) is 4.34. The van der Waals surface area contributed by atoms with Crippen molar-refractivity contribution in [3.8, 4) is 0 Å². The van der Waals surface area contributed by atoms with Crippen LogP contribution in [0.3, 0.4) is 0 Å². The molecule has 1 aromatic carbocycles. The topological polar surface area (TPSA) is 38.3 Å². The van der Waals surface area contributed by atoms with Gasteiger partial charge in [0.25, 0.3) is 0 Å².